The van der Waals surface area contributed by atoms with Gasteiger partial charge in [-0.05, 0) is 30.2 Å². The Balaban J connectivity index is 1.77. The molecule has 2 N–H and O–H groups in total. The number of carbonyl (C=O) groups is 2. The Kier molecular flexibility index (Phi) is 6.51. The molecule has 124 valence electrons. The summed E-state index contributed by atoms with van der Waals surface area (Å²) in [5.74, 6) is -0.598. The lowest BCUT2D eigenvalue weighted by molar-refractivity contribution is -0.125. The van der Waals surface area contributed by atoms with Crippen molar-refractivity contribution in [3.8, 4) is 0 Å². The molecule has 0 fully saturated rings. The third kappa shape index (κ3) is 5.85. The molecule has 2 rings (SSSR count). The van der Waals surface area contributed by atoms with Gasteiger partial charge in [0.05, 0.1) is 18.7 Å². The Hall–Kier alpha value is -2.66. The van der Waals surface area contributed by atoms with Crippen LogP contribution >= 0.6 is 11.6 Å². The van der Waals surface area contributed by atoms with Crippen LogP contribution in [0.5, 0.6) is 0 Å². The molecular formula is C18H18ClN3O2. The molecule has 6 heteroatoms. The summed E-state index contributed by atoms with van der Waals surface area (Å²) in [7, 11) is 0. The molecule has 0 unspecified atom stereocenters. The maximum absolute atomic E-state index is 11.8. The van der Waals surface area contributed by atoms with E-state index in [9.17, 15) is 9.59 Å². The van der Waals surface area contributed by atoms with Gasteiger partial charge in [0.15, 0.2) is 0 Å². The average Bonchev–Trinajstić information content (AvgIpc) is 2.59. The molecule has 0 bridgehead atoms. The lowest BCUT2D eigenvalue weighted by Crippen LogP contribution is -2.36. The number of benzene rings is 2. The minimum Gasteiger partial charge on any atom is -0.347 e. The van der Waals surface area contributed by atoms with Crippen molar-refractivity contribution in [2.24, 2.45) is 5.10 Å². The molecule has 0 spiro atoms. The maximum atomic E-state index is 11.8. The topological polar surface area (TPSA) is 70.6 Å². The summed E-state index contributed by atoms with van der Waals surface area (Å²) < 4.78 is 0. The predicted octanol–water partition coefficient (Wildman–Crippen LogP) is 2.54. The van der Waals surface area contributed by atoms with Gasteiger partial charge in [-0.3, -0.25) is 9.59 Å². The van der Waals surface area contributed by atoms with E-state index in [1.807, 2.05) is 42.5 Å². The number of hydrogen-bond donors (Lipinski definition) is 2. The van der Waals surface area contributed by atoms with Crippen LogP contribution < -0.4 is 10.7 Å². The van der Waals surface area contributed by atoms with E-state index < -0.39 is 0 Å². The molecule has 0 aliphatic carbocycles. The van der Waals surface area contributed by atoms with Crippen LogP contribution in [-0.2, 0) is 16.0 Å². The van der Waals surface area contributed by atoms with Gasteiger partial charge in [-0.2, -0.15) is 5.10 Å². The summed E-state index contributed by atoms with van der Waals surface area (Å²) in [6.07, 6.45) is 0.237. The van der Waals surface area contributed by atoms with Gasteiger partial charge in [-0.25, -0.2) is 5.43 Å². The second-order valence-electron chi connectivity index (χ2n) is 5.18. The molecule has 0 aliphatic rings. The maximum Gasteiger partial charge on any atom is 0.259 e. The van der Waals surface area contributed by atoms with Gasteiger partial charge in [0.1, 0.15) is 0 Å². The first-order valence-corrected chi connectivity index (χ1v) is 7.82. The first kappa shape index (κ1) is 17.7. The van der Waals surface area contributed by atoms with Crippen LogP contribution in [0.1, 0.15) is 18.1 Å². The van der Waals surface area contributed by atoms with Gasteiger partial charge < -0.3 is 5.32 Å². The summed E-state index contributed by atoms with van der Waals surface area (Å²) in [6, 6.07) is 16.5. The third-order valence-corrected chi connectivity index (χ3v) is 3.52. The van der Waals surface area contributed by atoms with Gasteiger partial charge >= 0.3 is 0 Å². The van der Waals surface area contributed by atoms with E-state index in [2.05, 4.69) is 15.8 Å². The van der Waals surface area contributed by atoms with E-state index in [1.54, 1.807) is 19.1 Å². The first-order valence-electron chi connectivity index (χ1n) is 7.44. The van der Waals surface area contributed by atoms with Crippen molar-refractivity contribution in [1.82, 2.24) is 10.7 Å². The fraction of sp³-hybridized carbons (Fsp3) is 0.167. The Morgan fingerprint density at radius 1 is 1.00 bits per heavy atom. The molecule has 5 nitrogen and oxygen atoms in total. The first-order chi connectivity index (χ1) is 11.5. The Bertz CT molecular complexity index is 728. The third-order valence-electron chi connectivity index (χ3n) is 3.26. The number of hydrazone groups is 1. The lowest BCUT2D eigenvalue weighted by atomic mass is 10.1. The molecule has 24 heavy (non-hydrogen) atoms. The predicted molar refractivity (Wildman–Crippen MR) is 95.0 cm³/mol. The standard InChI is InChI=1S/C18H18ClN3O2/c1-13(15-7-9-16(19)10-8-15)21-22-18(24)12-20-17(23)11-14-5-3-2-4-6-14/h2-10H,11-12H2,1H3,(H,20,23)(H,22,24). The van der Waals surface area contributed by atoms with Gasteiger partial charge in [0, 0.05) is 5.02 Å². The number of carbonyl (C=O) groups excluding carboxylic acids is 2. The van der Waals surface area contributed by atoms with Crippen LogP contribution in [-0.4, -0.2) is 24.1 Å². The monoisotopic (exact) mass is 343 g/mol. The molecule has 0 aromatic heterocycles. The zero-order valence-electron chi connectivity index (χ0n) is 13.3. The second kappa shape index (κ2) is 8.84. The number of halogens is 1. The van der Waals surface area contributed by atoms with Crippen LogP contribution in [0.25, 0.3) is 0 Å². The molecule has 2 amide bonds. The fourth-order valence-electron chi connectivity index (χ4n) is 1.96. The van der Waals surface area contributed by atoms with Gasteiger partial charge in [-0.15, -0.1) is 0 Å². The lowest BCUT2D eigenvalue weighted by Gasteiger charge is -2.05. The zero-order valence-corrected chi connectivity index (χ0v) is 14.0. The molecule has 0 radical (unpaired) electrons. The SMILES string of the molecule is CC(=NNC(=O)CNC(=O)Cc1ccccc1)c1ccc(Cl)cc1. The van der Waals surface area contributed by atoms with Crippen molar-refractivity contribution in [3.05, 3.63) is 70.7 Å². The highest BCUT2D eigenvalue weighted by Gasteiger charge is 2.06. The highest BCUT2D eigenvalue weighted by molar-refractivity contribution is 6.30. The zero-order chi connectivity index (χ0) is 17.4. The normalized spacial score (nSPS) is 11.0. The molecule has 2 aromatic rings. The largest absolute Gasteiger partial charge is 0.347 e. The minimum atomic E-state index is -0.385. The van der Waals surface area contributed by atoms with Crippen molar-refractivity contribution in [2.45, 2.75) is 13.3 Å². The average molecular weight is 344 g/mol. The second-order valence-corrected chi connectivity index (χ2v) is 5.61. The van der Waals surface area contributed by atoms with Crippen LogP contribution in [0.3, 0.4) is 0 Å². The molecule has 2 aromatic carbocycles. The summed E-state index contributed by atoms with van der Waals surface area (Å²) in [6.45, 7) is 1.65. The van der Waals surface area contributed by atoms with Gasteiger partial charge in [0.2, 0.25) is 5.91 Å². The highest BCUT2D eigenvalue weighted by Crippen LogP contribution is 2.10. The van der Waals surface area contributed by atoms with E-state index in [-0.39, 0.29) is 24.8 Å². The smallest absolute Gasteiger partial charge is 0.259 e. The van der Waals surface area contributed by atoms with Crippen molar-refractivity contribution in [1.29, 1.82) is 0 Å². The van der Waals surface area contributed by atoms with Crippen LogP contribution in [0.2, 0.25) is 5.02 Å². The van der Waals surface area contributed by atoms with Crippen LogP contribution in [0, 0.1) is 0 Å². The van der Waals surface area contributed by atoms with Crippen LogP contribution in [0.15, 0.2) is 59.7 Å². The Morgan fingerprint density at radius 3 is 2.33 bits per heavy atom. The minimum absolute atomic E-state index is 0.122. The van der Waals surface area contributed by atoms with E-state index in [1.165, 1.54) is 0 Å². The Morgan fingerprint density at radius 2 is 1.67 bits per heavy atom. The molecule has 0 saturated heterocycles. The molecule has 0 aliphatic heterocycles. The van der Waals surface area contributed by atoms with Crippen molar-refractivity contribution < 1.29 is 9.59 Å². The van der Waals surface area contributed by atoms with E-state index in [4.69, 9.17) is 11.6 Å². The van der Waals surface area contributed by atoms with E-state index >= 15 is 0 Å². The number of hydrogen-bond acceptors (Lipinski definition) is 3. The molecule has 0 heterocycles. The quantitative estimate of drug-likeness (QED) is 0.625. The highest BCUT2D eigenvalue weighted by atomic mass is 35.5. The molecule has 0 atom stereocenters. The van der Waals surface area contributed by atoms with E-state index in [0.717, 1.165) is 11.1 Å². The van der Waals surface area contributed by atoms with Crippen molar-refractivity contribution >= 4 is 29.1 Å². The summed E-state index contributed by atoms with van der Waals surface area (Å²) in [4.78, 5) is 23.5. The number of rotatable bonds is 6. The fourth-order valence-corrected chi connectivity index (χ4v) is 2.09. The number of nitrogens with zero attached hydrogens (tertiary/aromatic N) is 1. The summed E-state index contributed by atoms with van der Waals surface area (Å²) >= 11 is 5.82. The summed E-state index contributed by atoms with van der Waals surface area (Å²) in [5.41, 5.74) is 4.81. The number of amides is 2. The Labute approximate surface area is 145 Å². The van der Waals surface area contributed by atoms with Crippen LogP contribution in [0.4, 0.5) is 0 Å². The van der Waals surface area contributed by atoms with Crippen molar-refractivity contribution in [3.63, 3.8) is 0 Å². The summed E-state index contributed by atoms with van der Waals surface area (Å²) in [5, 5.41) is 7.21. The molecule has 0 saturated carbocycles. The van der Waals surface area contributed by atoms with E-state index in [0.29, 0.717) is 10.7 Å². The molecular weight excluding hydrogens is 326 g/mol. The number of nitrogens with one attached hydrogen (secondary N) is 2. The van der Waals surface area contributed by atoms with Gasteiger partial charge in [-0.1, -0.05) is 54.1 Å². The van der Waals surface area contributed by atoms with Crippen molar-refractivity contribution in [2.75, 3.05) is 6.54 Å². The van der Waals surface area contributed by atoms with Gasteiger partial charge in [0.25, 0.3) is 5.91 Å².